The van der Waals surface area contributed by atoms with Gasteiger partial charge < -0.3 is 0 Å². The summed E-state index contributed by atoms with van der Waals surface area (Å²) in [5, 5.41) is 0. The van der Waals surface area contributed by atoms with Crippen molar-refractivity contribution in [1.29, 1.82) is 0 Å². The van der Waals surface area contributed by atoms with Gasteiger partial charge in [0.05, 0.1) is 5.75 Å². The normalized spacial score (nSPS) is 11.5. The minimum absolute atomic E-state index is 0.225. The molecule has 0 bridgehead atoms. The van der Waals surface area contributed by atoms with Gasteiger partial charge in [0, 0.05) is 11.6 Å². The second kappa shape index (κ2) is 3.85. The molecule has 0 aromatic carbocycles. The molecule has 4 nitrogen and oxygen atoms in total. The Hall–Kier alpha value is -0.940. The number of pyridine rings is 1. The fourth-order valence-corrected chi connectivity index (χ4v) is 1.54. The van der Waals surface area contributed by atoms with E-state index in [1.165, 1.54) is 0 Å². The third kappa shape index (κ3) is 4.00. The molecule has 0 amide bonds. The second-order valence-corrected chi connectivity index (χ2v) is 4.49. The molecule has 0 spiro atoms. The van der Waals surface area contributed by atoms with Crippen molar-refractivity contribution in [2.24, 2.45) is 7.05 Å². The van der Waals surface area contributed by atoms with Crippen molar-refractivity contribution < 1.29 is 17.5 Å². The predicted molar refractivity (Wildman–Crippen MR) is 47.7 cm³/mol. The minimum Gasteiger partial charge on any atom is -0.286 e. The maximum Gasteiger partial charge on any atom is 0.265 e. The molecule has 0 unspecified atom stereocenters. The van der Waals surface area contributed by atoms with E-state index in [4.69, 9.17) is 4.55 Å². The molecule has 1 aromatic heterocycles. The molecule has 0 aliphatic rings. The summed E-state index contributed by atoms with van der Waals surface area (Å²) in [5.74, 6) is -0.225. The summed E-state index contributed by atoms with van der Waals surface area (Å²) in [7, 11) is -1.99. The molecule has 13 heavy (non-hydrogen) atoms. The quantitative estimate of drug-likeness (QED) is 0.552. The molecular formula is C8H12NO3S+. The lowest BCUT2D eigenvalue weighted by Crippen LogP contribution is -2.27. The van der Waals surface area contributed by atoms with E-state index in [1.807, 2.05) is 36.1 Å². The predicted octanol–water partition coefficient (Wildman–Crippen LogP) is -0.0586. The second-order valence-electron chi connectivity index (χ2n) is 2.91. The molecule has 0 saturated heterocycles. The van der Waals surface area contributed by atoms with Gasteiger partial charge in [-0.25, -0.2) is 4.57 Å². The van der Waals surface area contributed by atoms with E-state index in [-0.39, 0.29) is 5.75 Å². The zero-order valence-corrected chi connectivity index (χ0v) is 8.16. The van der Waals surface area contributed by atoms with Crippen molar-refractivity contribution in [3.63, 3.8) is 0 Å². The minimum atomic E-state index is -3.84. The average molecular weight is 202 g/mol. The summed E-state index contributed by atoms with van der Waals surface area (Å²) >= 11 is 0. The molecule has 5 heteroatoms. The Bertz CT molecular complexity index is 386. The van der Waals surface area contributed by atoms with E-state index >= 15 is 0 Å². The summed E-state index contributed by atoms with van der Waals surface area (Å²) < 4.78 is 31.2. The monoisotopic (exact) mass is 202 g/mol. The molecule has 0 atom stereocenters. The number of aryl methyl sites for hydroxylation is 2. The Kier molecular flexibility index (Phi) is 3.00. The van der Waals surface area contributed by atoms with Crippen molar-refractivity contribution >= 4 is 10.1 Å². The van der Waals surface area contributed by atoms with Crippen LogP contribution >= 0.6 is 0 Å². The van der Waals surface area contributed by atoms with E-state index in [1.54, 1.807) is 0 Å². The van der Waals surface area contributed by atoms with Gasteiger partial charge in [0.1, 0.15) is 7.05 Å². The van der Waals surface area contributed by atoms with Gasteiger partial charge in [-0.3, -0.25) is 4.55 Å². The highest BCUT2D eigenvalue weighted by atomic mass is 32.2. The lowest BCUT2D eigenvalue weighted by Gasteiger charge is -1.96. The number of nitrogens with zero attached hydrogens (tertiary/aromatic N) is 1. The van der Waals surface area contributed by atoms with Gasteiger partial charge >= 0.3 is 0 Å². The van der Waals surface area contributed by atoms with Gasteiger partial charge in [-0.2, -0.15) is 8.42 Å². The van der Waals surface area contributed by atoms with Gasteiger partial charge in [-0.1, -0.05) is 0 Å². The average Bonchev–Trinajstić information content (AvgIpc) is 2.00. The molecule has 1 heterocycles. The van der Waals surface area contributed by atoms with Gasteiger partial charge in [-0.05, 0) is 12.5 Å². The van der Waals surface area contributed by atoms with Crippen LogP contribution in [0.15, 0.2) is 24.5 Å². The molecule has 0 aliphatic heterocycles. The van der Waals surface area contributed by atoms with Crippen LogP contribution in [0, 0.1) is 0 Å². The van der Waals surface area contributed by atoms with Gasteiger partial charge in [0.15, 0.2) is 12.4 Å². The summed E-state index contributed by atoms with van der Waals surface area (Å²) in [6.45, 7) is 0. The zero-order valence-electron chi connectivity index (χ0n) is 7.34. The van der Waals surface area contributed by atoms with E-state index in [0.717, 1.165) is 5.56 Å². The first-order valence-electron chi connectivity index (χ1n) is 3.87. The Labute approximate surface area is 77.6 Å². The van der Waals surface area contributed by atoms with Crippen LogP contribution in [0.4, 0.5) is 0 Å². The maximum absolute atomic E-state index is 10.4. The third-order valence-corrected chi connectivity index (χ3v) is 2.37. The van der Waals surface area contributed by atoms with Crippen LogP contribution in [0.1, 0.15) is 5.56 Å². The van der Waals surface area contributed by atoms with Crippen LogP contribution in [0.3, 0.4) is 0 Å². The Morgan fingerprint density at radius 2 is 2.23 bits per heavy atom. The van der Waals surface area contributed by atoms with E-state index in [2.05, 4.69) is 0 Å². The summed E-state index contributed by atoms with van der Waals surface area (Å²) in [4.78, 5) is 0. The van der Waals surface area contributed by atoms with Crippen molar-refractivity contribution in [2.75, 3.05) is 5.75 Å². The fourth-order valence-electron chi connectivity index (χ4n) is 1.04. The zero-order chi connectivity index (χ0) is 9.90. The Morgan fingerprint density at radius 3 is 2.77 bits per heavy atom. The molecule has 0 radical (unpaired) electrons. The number of hydrogen-bond donors (Lipinski definition) is 1. The van der Waals surface area contributed by atoms with Crippen LogP contribution in [0.25, 0.3) is 0 Å². The molecule has 1 rings (SSSR count). The number of aromatic nitrogens is 1. The summed E-state index contributed by atoms with van der Waals surface area (Å²) in [6.07, 6.45) is 4.02. The Balaban J connectivity index is 2.65. The van der Waals surface area contributed by atoms with Crippen molar-refractivity contribution in [3.8, 4) is 0 Å². The van der Waals surface area contributed by atoms with Gasteiger partial charge in [-0.15, -0.1) is 0 Å². The Morgan fingerprint density at radius 1 is 1.54 bits per heavy atom. The van der Waals surface area contributed by atoms with Crippen molar-refractivity contribution in [2.45, 2.75) is 6.42 Å². The molecule has 0 saturated carbocycles. The third-order valence-electron chi connectivity index (χ3n) is 1.65. The highest BCUT2D eigenvalue weighted by Gasteiger charge is 2.06. The first-order chi connectivity index (χ1) is 5.97. The molecule has 0 fully saturated rings. The molecule has 72 valence electrons. The van der Waals surface area contributed by atoms with E-state index in [0.29, 0.717) is 6.42 Å². The molecule has 1 aromatic rings. The van der Waals surface area contributed by atoms with Crippen molar-refractivity contribution in [3.05, 3.63) is 30.1 Å². The first-order valence-corrected chi connectivity index (χ1v) is 5.47. The topological polar surface area (TPSA) is 58.2 Å². The smallest absolute Gasteiger partial charge is 0.265 e. The van der Waals surface area contributed by atoms with Crippen LogP contribution in [-0.4, -0.2) is 18.7 Å². The van der Waals surface area contributed by atoms with Gasteiger partial charge in [0.25, 0.3) is 10.1 Å². The van der Waals surface area contributed by atoms with Gasteiger partial charge in [0.2, 0.25) is 0 Å². The summed E-state index contributed by atoms with van der Waals surface area (Å²) in [5.41, 5.74) is 0.891. The van der Waals surface area contributed by atoms with E-state index in [9.17, 15) is 8.42 Å². The lowest BCUT2D eigenvalue weighted by molar-refractivity contribution is -0.671. The maximum atomic E-state index is 10.4. The van der Waals surface area contributed by atoms with E-state index < -0.39 is 10.1 Å². The number of rotatable bonds is 3. The van der Waals surface area contributed by atoms with Crippen LogP contribution in [-0.2, 0) is 23.6 Å². The fraction of sp³-hybridized carbons (Fsp3) is 0.375. The molecule has 1 N–H and O–H groups in total. The number of hydrogen-bond acceptors (Lipinski definition) is 2. The SMILES string of the molecule is C[n+]1cccc(CCS(=O)(=O)O)c1. The molecule has 0 aliphatic carbocycles. The first kappa shape index (κ1) is 10.1. The highest BCUT2D eigenvalue weighted by molar-refractivity contribution is 7.85. The summed E-state index contributed by atoms with van der Waals surface area (Å²) in [6, 6.07) is 3.66. The lowest BCUT2D eigenvalue weighted by atomic mass is 10.2. The molecular weight excluding hydrogens is 190 g/mol. The largest absolute Gasteiger partial charge is 0.286 e. The van der Waals surface area contributed by atoms with Crippen LogP contribution in [0.2, 0.25) is 0 Å². The van der Waals surface area contributed by atoms with Crippen LogP contribution < -0.4 is 4.57 Å². The van der Waals surface area contributed by atoms with Crippen molar-refractivity contribution in [1.82, 2.24) is 0 Å². The standard InChI is InChI=1S/C8H11NO3S/c1-9-5-2-3-8(7-9)4-6-13(10,11)12/h2-3,5,7H,4,6H2,1H3/p+1. The highest BCUT2D eigenvalue weighted by Crippen LogP contribution is 1.97. The van der Waals surface area contributed by atoms with Crippen LogP contribution in [0.5, 0.6) is 0 Å².